The Labute approximate surface area is 164 Å². The summed E-state index contributed by atoms with van der Waals surface area (Å²) in [6.07, 6.45) is 0.994. The maximum absolute atomic E-state index is 12.7. The number of likely N-dealkylation sites (N-methyl/N-ethyl adjacent to an activating group) is 2. The Bertz CT molecular complexity index is 795. The fourth-order valence-electron chi connectivity index (χ4n) is 3.01. The molecule has 0 spiro atoms. The first-order chi connectivity index (χ1) is 13.0. The van der Waals surface area contributed by atoms with Gasteiger partial charge in [0.15, 0.2) is 0 Å². The van der Waals surface area contributed by atoms with Crippen LogP contribution in [0.3, 0.4) is 0 Å². The Morgan fingerprint density at radius 1 is 1.15 bits per heavy atom. The van der Waals surface area contributed by atoms with Crippen LogP contribution in [0, 0.1) is 0 Å². The summed E-state index contributed by atoms with van der Waals surface area (Å²) in [4.78, 5) is 35.0. The Morgan fingerprint density at radius 2 is 1.81 bits per heavy atom. The van der Waals surface area contributed by atoms with E-state index >= 15 is 0 Å². The third-order valence-corrected chi connectivity index (χ3v) is 5.80. The number of aromatic nitrogens is 1. The molecule has 0 radical (unpaired) electrons. The van der Waals surface area contributed by atoms with Gasteiger partial charge in [-0.05, 0) is 19.0 Å². The second-order valence-electron chi connectivity index (χ2n) is 6.93. The molecule has 2 aromatic rings. The van der Waals surface area contributed by atoms with Crippen molar-refractivity contribution in [3.63, 3.8) is 0 Å². The van der Waals surface area contributed by atoms with Gasteiger partial charge in [0, 0.05) is 44.2 Å². The van der Waals surface area contributed by atoms with E-state index in [4.69, 9.17) is 0 Å². The predicted octanol–water partition coefficient (Wildman–Crippen LogP) is 2.22. The molecule has 2 amide bonds. The third kappa shape index (κ3) is 4.73. The van der Waals surface area contributed by atoms with Gasteiger partial charge in [-0.2, -0.15) is 0 Å². The van der Waals surface area contributed by atoms with Crippen molar-refractivity contribution in [2.75, 3.05) is 46.8 Å². The average Bonchev–Trinajstić information content (AvgIpc) is 3.18. The maximum Gasteiger partial charge on any atom is 0.273 e. The number of nitrogens with zero attached hydrogens (tertiary/aromatic N) is 4. The second kappa shape index (κ2) is 8.63. The molecular weight excluding hydrogens is 360 g/mol. The minimum Gasteiger partial charge on any atom is -0.339 e. The normalized spacial score (nSPS) is 15.0. The van der Waals surface area contributed by atoms with E-state index in [-0.39, 0.29) is 18.4 Å². The lowest BCUT2D eigenvalue weighted by Crippen LogP contribution is -2.50. The van der Waals surface area contributed by atoms with Crippen molar-refractivity contribution in [1.82, 2.24) is 19.7 Å². The van der Waals surface area contributed by atoms with E-state index in [0.29, 0.717) is 18.8 Å². The number of amides is 2. The SMILES string of the molecule is CCc1ccc(-c2nc(C(=O)N(C)CC(=O)N3CCN(C)CC3)cs2)cc1. The highest BCUT2D eigenvalue weighted by Gasteiger charge is 2.23. The predicted molar refractivity (Wildman–Crippen MR) is 108 cm³/mol. The van der Waals surface area contributed by atoms with Gasteiger partial charge in [0.05, 0.1) is 6.54 Å². The lowest BCUT2D eigenvalue weighted by atomic mass is 10.1. The lowest BCUT2D eigenvalue weighted by Gasteiger charge is -2.33. The van der Waals surface area contributed by atoms with Gasteiger partial charge in [0.1, 0.15) is 10.7 Å². The highest BCUT2D eigenvalue weighted by atomic mass is 32.1. The number of carbonyl (C=O) groups is 2. The van der Waals surface area contributed by atoms with Gasteiger partial charge >= 0.3 is 0 Å². The van der Waals surface area contributed by atoms with Crippen LogP contribution in [0.4, 0.5) is 0 Å². The van der Waals surface area contributed by atoms with Crippen molar-refractivity contribution in [3.8, 4) is 10.6 Å². The molecule has 1 aliphatic heterocycles. The van der Waals surface area contributed by atoms with E-state index in [1.54, 1.807) is 12.4 Å². The van der Waals surface area contributed by atoms with E-state index in [1.165, 1.54) is 21.8 Å². The van der Waals surface area contributed by atoms with Crippen LogP contribution >= 0.6 is 11.3 Å². The van der Waals surface area contributed by atoms with Crippen LogP contribution in [-0.2, 0) is 11.2 Å². The van der Waals surface area contributed by atoms with Gasteiger partial charge in [-0.25, -0.2) is 4.98 Å². The first-order valence-electron chi connectivity index (χ1n) is 9.24. The molecule has 1 saturated heterocycles. The Hall–Kier alpha value is -2.25. The minimum atomic E-state index is -0.217. The summed E-state index contributed by atoms with van der Waals surface area (Å²) < 4.78 is 0. The van der Waals surface area contributed by atoms with E-state index in [2.05, 4.69) is 28.9 Å². The molecule has 27 heavy (non-hydrogen) atoms. The molecule has 144 valence electrons. The standard InChI is InChI=1S/C20H26N4O2S/c1-4-15-5-7-16(8-6-15)19-21-17(14-27-19)20(26)23(3)13-18(25)24-11-9-22(2)10-12-24/h5-8,14H,4,9-13H2,1-3H3. The fourth-order valence-corrected chi connectivity index (χ4v) is 3.81. The van der Waals surface area contributed by atoms with Crippen molar-refractivity contribution >= 4 is 23.2 Å². The molecular formula is C20H26N4O2S. The summed E-state index contributed by atoms with van der Waals surface area (Å²) in [5.74, 6) is -0.227. The van der Waals surface area contributed by atoms with Gasteiger partial charge in [-0.15, -0.1) is 11.3 Å². The van der Waals surface area contributed by atoms with Crippen LogP contribution in [0.2, 0.25) is 0 Å². The molecule has 0 saturated carbocycles. The van der Waals surface area contributed by atoms with Crippen molar-refractivity contribution in [3.05, 3.63) is 40.9 Å². The highest BCUT2D eigenvalue weighted by molar-refractivity contribution is 7.13. The third-order valence-electron chi connectivity index (χ3n) is 4.91. The second-order valence-corrected chi connectivity index (χ2v) is 7.79. The number of aryl methyl sites for hydroxylation is 1. The quantitative estimate of drug-likeness (QED) is 0.791. The summed E-state index contributed by atoms with van der Waals surface area (Å²) in [6, 6.07) is 8.23. The van der Waals surface area contributed by atoms with Crippen LogP contribution in [-0.4, -0.2) is 78.3 Å². The number of hydrogen-bond donors (Lipinski definition) is 0. The Morgan fingerprint density at radius 3 is 2.44 bits per heavy atom. The largest absolute Gasteiger partial charge is 0.339 e. The molecule has 0 N–H and O–H groups in total. The zero-order valence-electron chi connectivity index (χ0n) is 16.1. The van der Waals surface area contributed by atoms with Crippen molar-refractivity contribution in [2.24, 2.45) is 0 Å². The topological polar surface area (TPSA) is 56.8 Å². The first kappa shape index (κ1) is 19.5. The summed E-state index contributed by atoms with van der Waals surface area (Å²) in [5, 5.41) is 2.59. The van der Waals surface area contributed by atoms with Crippen LogP contribution in [0.15, 0.2) is 29.6 Å². The van der Waals surface area contributed by atoms with Gasteiger partial charge < -0.3 is 14.7 Å². The molecule has 0 bridgehead atoms. The zero-order chi connectivity index (χ0) is 19.4. The number of hydrogen-bond acceptors (Lipinski definition) is 5. The Balaban J connectivity index is 1.61. The van der Waals surface area contributed by atoms with Crippen LogP contribution in [0.5, 0.6) is 0 Å². The molecule has 6 nitrogen and oxygen atoms in total. The fraction of sp³-hybridized carbons (Fsp3) is 0.450. The average molecular weight is 387 g/mol. The van der Waals surface area contributed by atoms with Crippen molar-refractivity contribution < 1.29 is 9.59 Å². The van der Waals surface area contributed by atoms with E-state index in [9.17, 15) is 9.59 Å². The molecule has 3 rings (SSSR count). The molecule has 1 fully saturated rings. The molecule has 1 aromatic carbocycles. The zero-order valence-corrected chi connectivity index (χ0v) is 17.0. The molecule has 1 aliphatic rings. The van der Waals surface area contributed by atoms with Gasteiger partial charge in [-0.1, -0.05) is 31.2 Å². The number of piperazine rings is 1. The van der Waals surface area contributed by atoms with Crippen molar-refractivity contribution in [2.45, 2.75) is 13.3 Å². The number of carbonyl (C=O) groups excluding carboxylic acids is 2. The van der Waals surface area contributed by atoms with Crippen LogP contribution < -0.4 is 0 Å². The maximum atomic E-state index is 12.7. The van der Waals surface area contributed by atoms with Gasteiger partial charge in [0.25, 0.3) is 5.91 Å². The summed E-state index contributed by atoms with van der Waals surface area (Å²) >= 11 is 1.45. The van der Waals surface area contributed by atoms with E-state index in [1.807, 2.05) is 24.1 Å². The van der Waals surface area contributed by atoms with Crippen LogP contribution in [0.25, 0.3) is 10.6 Å². The lowest BCUT2D eigenvalue weighted by molar-refractivity contribution is -0.133. The molecule has 2 heterocycles. The minimum absolute atomic E-state index is 0.00967. The summed E-state index contributed by atoms with van der Waals surface area (Å²) in [7, 11) is 3.71. The molecule has 1 aromatic heterocycles. The smallest absolute Gasteiger partial charge is 0.273 e. The molecule has 0 unspecified atom stereocenters. The summed E-state index contributed by atoms with van der Waals surface area (Å²) in [5.41, 5.74) is 2.67. The van der Waals surface area contributed by atoms with E-state index in [0.717, 1.165) is 30.1 Å². The monoisotopic (exact) mass is 386 g/mol. The Kier molecular flexibility index (Phi) is 6.23. The number of thiazole rings is 1. The molecule has 7 heteroatoms. The first-order valence-corrected chi connectivity index (χ1v) is 10.1. The number of benzene rings is 1. The van der Waals surface area contributed by atoms with Gasteiger partial charge in [-0.3, -0.25) is 9.59 Å². The molecule has 0 atom stereocenters. The summed E-state index contributed by atoms with van der Waals surface area (Å²) in [6.45, 7) is 5.37. The van der Waals surface area contributed by atoms with Crippen molar-refractivity contribution in [1.29, 1.82) is 0 Å². The molecule has 0 aliphatic carbocycles. The highest BCUT2D eigenvalue weighted by Crippen LogP contribution is 2.24. The van der Waals surface area contributed by atoms with Crippen LogP contribution in [0.1, 0.15) is 23.0 Å². The van der Waals surface area contributed by atoms with E-state index < -0.39 is 0 Å². The number of rotatable bonds is 5. The van der Waals surface area contributed by atoms with Gasteiger partial charge in [0.2, 0.25) is 5.91 Å².